The van der Waals surface area contributed by atoms with Crippen LogP contribution >= 0.6 is 0 Å². The molecule has 1 aliphatic rings. The van der Waals surface area contributed by atoms with Crippen LogP contribution in [-0.4, -0.2) is 22.3 Å². The van der Waals surface area contributed by atoms with Crippen molar-refractivity contribution in [2.24, 2.45) is 0 Å². The van der Waals surface area contributed by atoms with E-state index in [0.29, 0.717) is 16.8 Å². The van der Waals surface area contributed by atoms with E-state index >= 15 is 0 Å². The van der Waals surface area contributed by atoms with Crippen LogP contribution in [-0.2, 0) is 12.8 Å². The Hall–Kier alpha value is -3.08. The Morgan fingerprint density at radius 3 is 2.31 bits per heavy atom. The fraction of sp³-hybridized carbons (Fsp3) is 0.333. The predicted molar refractivity (Wildman–Crippen MR) is 117 cm³/mol. The fourth-order valence-electron chi connectivity index (χ4n) is 3.87. The molecular weight excluding hydrogens is 362 g/mol. The second-order valence-corrected chi connectivity index (χ2v) is 8.79. The molecule has 0 saturated heterocycles. The summed E-state index contributed by atoms with van der Waals surface area (Å²) >= 11 is 0. The normalized spacial score (nSPS) is 13.8. The summed E-state index contributed by atoms with van der Waals surface area (Å²) in [5, 5.41) is 7.01. The number of aryl methyl sites for hydroxylation is 2. The highest BCUT2D eigenvalue weighted by molar-refractivity contribution is 6.07. The third-order valence-corrected chi connectivity index (χ3v) is 5.25. The maximum Gasteiger partial charge on any atom is 0.255 e. The van der Waals surface area contributed by atoms with Crippen molar-refractivity contribution < 1.29 is 9.59 Å². The number of anilines is 1. The zero-order valence-corrected chi connectivity index (χ0v) is 17.2. The third kappa shape index (κ3) is 4.19. The molecule has 5 heteroatoms. The van der Waals surface area contributed by atoms with E-state index in [4.69, 9.17) is 0 Å². The molecule has 1 heterocycles. The van der Waals surface area contributed by atoms with E-state index < -0.39 is 0 Å². The largest absolute Gasteiger partial charge is 0.358 e. The summed E-state index contributed by atoms with van der Waals surface area (Å²) in [6.07, 6.45) is 4.57. The molecule has 0 spiro atoms. The molecule has 5 nitrogen and oxygen atoms in total. The lowest BCUT2D eigenvalue weighted by Crippen LogP contribution is -2.40. The van der Waals surface area contributed by atoms with Crippen LogP contribution in [0.4, 0.5) is 5.69 Å². The summed E-state index contributed by atoms with van der Waals surface area (Å²) in [5.74, 6) is -0.275. The maximum absolute atomic E-state index is 12.8. The average Bonchev–Trinajstić information content (AvgIpc) is 3.05. The Labute approximate surface area is 170 Å². The molecule has 2 amide bonds. The number of carbonyl (C=O) groups excluding carboxylic acids is 2. The van der Waals surface area contributed by atoms with Crippen LogP contribution in [0.3, 0.4) is 0 Å². The van der Waals surface area contributed by atoms with Crippen molar-refractivity contribution in [2.75, 3.05) is 5.32 Å². The van der Waals surface area contributed by atoms with Gasteiger partial charge in [0.2, 0.25) is 0 Å². The van der Waals surface area contributed by atoms with Crippen LogP contribution in [0.5, 0.6) is 0 Å². The molecule has 0 bridgehead atoms. The number of rotatable bonds is 3. The van der Waals surface area contributed by atoms with E-state index in [0.717, 1.165) is 23.7 Å². The highest BCUT2D eigenvalue weighted by Crippen LogP contribution is 2.30. The molecule has 0 saturated carbocycles. The van der Waals surface area contributed by atoms with Crippen molar-refractivity contribution in [3.63, 3.8) is 0 Å². The van der Waals surface area contributed by atoms with E-state index in [-0.39, 0.29) is 17.4 Å². The fourth-order valence-corrected chi connectivity index (χ4v) is 3.87. The van der Waals surface area contributed by atoms with Crippen LogP contribution in [0.15, 0.2) is 42.5 Å². The first-order valence-electron chi connectivity index (χ1n) is 10.2. The monoisotopic (exact) mass is 389 g/mol. The Morgan fingerprint density at radius 2 is 1.59 bits per heavy atom. The van der Waals surface area contributed by atoms with Gasteiger partial charge in [-0.2, -0.15) is 0 Å². The molecule has 3 aromatic rings. The quantitative estimate of drug-likeness (QED) is 0.600. The van der Waals surface area contributed by atoms with Gasteiger partial charge in [-0.3, -0.25) is 9.59 Å². The van der Waals surface area contributed by atoms with E-state index in [1.54, 1.807) is 24.3 Å². The number of nitrogens with one attached hydrogen (secondary N) is 3. The minimum Gasteiger partial charge on any atom is -0.358 e. The first-order chi connectivity index (χ1) is 13.8. The standard InChI is InChI=1S/C24H27N3O2/c1-24(2,3)27-23(29)15-8-11-17(12-9-15)25-22(28)16-10-13-21-19(14-16)18-6-4-5-7-20(18)26-21/h8-14,26H,4-7H2,1-3H3,(H,25,28)(H,27,29). The molecular formula is C24H27N3O2. The Balaban J connectivity index is 1.50. The minimum absolute atomic E-state index is 0.127. The van der Waals surface area contributed by atoms with Gasteiger partial charge in [0.05, 0.1) is 0 Å². The zero-order chi connectivity index (χ0) is 20.6. The van der Waals surface area contributed by atoms with E-state index in [9.17, 15) is 9.59 Å². The number of carbonyl (C=O) groups is 2. The first-order valence-corrected chi connectivity index (χ1v) is 10.2. The number of aromatic nitrogens is 1. The summed E-state index contributed by atoms with van der Waals surface area (Å²) in [7, 11) is 0. The molecule has 150 valence electrons. The number of H-pyrrole nitrogens is 1. The lowest BCUT2D eigenvalue weighted by Gasteiger charge is -2.20. The highest BCUT2D eigenvalue weighted by atomic mass is 16.2. The molecule has 0 fully saturated rings. The summed E-state index contributed by atoms with van der Waals surface area (Å²) in [6.45, 7) is 5.83. The van der Waals surface area contributed by atoms with Gasteiger partial charge < -0.3 is 15.6 Å². The van der Waals surface area contributed by atoms with Crippen molar-refractivity contribution in [1.29, 1.82) is 0 Å². The Morgan fingerprint density at radius 1 is 0.897 bits per heavy atom. The molecule has 29 heavy (non-hydrogen) atoms. The summed E-state index contributed by atoms with van der Waals surface area (Å²) < 4.78 is 0. The van der Waals surface area contributed by atoms with Crippen molar-refractivity contribution in [3.05, 3.63) is 64.8 Å². The zero-order valence-electron chi connectivity index (χ0n) is 17.2. The average molecular weight is 389 g/mol. The van der Waals surface area contributed by atoms with Gasteiger partial charge in [0.1, 0.15) is 0 Å². The molecule has 4 rings (SSSR count). The lowest BCUT2D eigenvalue weighted by atomic mass is 9.95. The van der Waals surface area contributed by atoms with E-state index in [2.05, 4.69) is 15.6 Å². The van der Waals surface area contributed by atoms with E-state index in [1.165, 1.54) is 24.1 Å². The second-order valence-electron chi connectivity index (χ2n) is 8.79. The molecule has 0 atom stereocenters. The first kappa shape index (κ1) is 19.2. The molecule has 0 radical (unpaired) electrons. The van der Waals surface area contributed by atoms with Gasteiger partial charge in [0.25, 0.3) is 11.8 Å². The predicted octanol–water partition coefficient (Wildman–Crippen LogP) is 4.83. The molecule has 0 unspecified atom stereocenters. The lowest BCUT2D eigenvalue weighted by molar-refractivity contribution is 0.0919. The van der Waals surface area contributed by atoms with Crippen molar-refractivity contribution in [1.82, 2.24) is 10.3 Å². The third-order valence-electron chi connectivity index (χ3n) is 5.25. The maximum atomic E-state index is 12.8. The SMILES string of the molecule is CC(C)(C)NC(=O)c1ccc(NC(=O)c2ccc3[nH]c4c(c3c2)CCCC4)cc1. The number of hydrogen-bond acceptors (Lipinski definition) is 2. The van der Waals surface area contributed by atoms with Gasteiger partial charge in [-0.1, -0.05) is 0 Å². The summed E-state index contributed by atoms with van der Waals surface area (Å²) in [4.78, 5) is 28.5. The van der Waals surface area contributed by atoms with Gasteiger partial charge in [-0.15, -0.1) is 0 Å². The van der Waals surface area contributed by atoms with Crippen molar-refractivity contribution in [2.45, 2.75) is 52.0 Å². The number of fused-ring (bicyclic) bond motifs is 3. The van der Waals surface area contributed by atoms with Crippen molar-refractivity contribution >= 4 is 28.4 Å². The number of amides is 2. The van der Waals surface area contributed by atoms with Gasteiger partial charge in [0, 0.05) is 39.0 Å². The minimum atomic E-state index is -0.292. The van der Waals surface area contributed by atoms with Gasteiger partial charge in [-0.25, -0.2) is 0 Å². The molecule has 3 N–H and O–H groups in total. The highest BCUT2D eigenvalue weighted by Gasteiger charge is 2.18. The molecule has 1 aromatic heterocycles. The smallest absolute Gasteiger partial charge is 0.255 e. The van der Waals surface area contributed by atoms with Crippen LogP contribution in [0.25, 0.3) is 10.9 Å². The van der Waals surface area contributed by atoms with Crippen LogP contribution < -0.4 is 10.6 Å². The second kappa shape index (κ2) is 7.39. The van der Waals surface area contributed by atoms with Gasteiger partial charge in [-0.05, 0) is 94.5 Å². The van der Waals surface area contributed by atoms with Gasteiger partial charge in [0.15, 0.2) is 0 Å². The summed E-state index contributed by atoms with van der Waals surface area (Å²) in [5.41, 5.74) is 5.35. The molecule has 2 aromatic carbocycles. The number of hydrogen-bond donors (Lipinski definition) is 3. The Kier molecular flexibility index (Phi) is 4.91. The molecule has 1 aliphatic carbocycles. The van der Waals surface area contributed by atoms with Crippen LogP contribution in [0, 0.1) is 0 Å². The molecule has 0 aliphatic heterocycles. The van der Waals surface area contributed by atoms with Gasteiger partial charge >= 0.3 is 0 Å². The number of benzene rings is 2. The van der Waals surface area contributed by atoms with Crippen LogP contribution in [0.2, 0.25) is 0 Å². The topological polar surface area (TPSA) is 74.0 Å². The van der Waals surface area contributed by atoms with Crippen LogP contribution in [0.1, 0.15) is 65.6 Å². The summed E-state index contributed by atoms with van der Waals surface area (Å²) in [6, 6.07) is 12.8. The van der Waals surface area contributed by atoms with E-state index in [1.807, 2.05) is 39.0 Å². The number of aromatic amines is 1. The van der Waals surface area contributed by atoms with Crippen molar-refractivity contribution in [3.8, 4) is 0 Å². The Bertz CT molecular complexity index is 1070.